The van der Waals surface area contributed by atoms with Gasteiger partial charge in [-0.1, -0.05) is 6.07 Å². The van der Waals surface area contributed by atoms with Crippen LogP contribution in [0.1, 0.15) is 23.7 Å². The fourth-order valence-corrected chi connectivity index (χ4v) is 1.88. The quantitative estimate of drug-likeness (QED) is 0.451. The topological polar surface area (TPSA) is 86.7 Å². The SMILES string of the molecule is N[C@@H]1CCc2c(ccc(O)c2O)[C@H]1O. The van der Waals surface area contributed by atoms with E-state index in [1.165, 1.54) is 6.07 Å². The van der Waals surface area contributed by atoms with Crippen molar-refractivity contribution in [2.24, 2.45) is 5.73 Å². The first-order valence-corrected chi connectivity index (χ1v) is 4.58. The van der Waals surface area contributed by atoms with Crippen LogP contribution in [0.15, 0.2) is 12.1 Å². The van der Waals surface area contributed by atoms with Crippen LogP contribution in [0.3, 0.4) is 0 Å². The van der Waals surface area contributed by atoms with Crippen molar-refractivity contribution in [3.63, 3.8) is 0 Å². The molecule has 1 aliphatic carbocycles. The molecule has 0 amide bonds. The molecule has 0 saturated heterocycles. The van der Waals surface area contributed by atoms with Crippen molar-refractivity contribution in [1.29, 1.82) is 0 Å². The Morgan fingerprint density at radius 1 is 1.29 bits per heavy atom. The maximum atomic E-state index is 9.73. The first-order chi connectivity index (χ1) is 6.61. The Morgan fingerprint density at radius 3 is 2.71 bits per heavy atom. The summed E-state index contributed by atoms with van der Waals surface area (Å²) in [5.41, 5.74) is 6.92. The molecular formula is C10H13NO3. The van der Waals surface area contributed by atoms with Crippen molar-refractivity contribution in [3.8, 4) is 11.5 Å². The molecule has 0 aliphatic heterocycles. The Labute approximate surface area is 81.6 Å². The van der Waals surface area contributed by atoms with Gasteiger partial charge in [0, 0.05) is 11.6 Å². The highest BCUT2D eigenvalue weighted by Gasteiger charge is 2.27. The van der Waals surface area contributed by atoms with E-state index in [0.29, 0.717) is 24.0 Å². The summed E-state index contributed by atoms with van der Waals surface area (Å²) < 4.78 is 0. The number of hydrogen-bond donors (Lipinski definition) is 4. The molecule has 0 unspecified atom stereocenters. The minimum Gasteiger partial charge on any atom is -0.504 e. The molecule has 5 N–H and O–H groups in total. The van der Waals surface area contributed by atoms with Crippen LogP contribution < -0.4 is 5.73 Å². The number of phenolic OH excluding ortho intramolecular Hbond substituents is 2. The average molecular weight is 195 g/mol. The highest BCUT2D eigenvalue weighted by atomic mass is 16.3. The standard InChI is InChI=1S/C10H13NO3/c11-7-3-1-6-5(9(7)13)2-4-8(12)10(6)14/h2,4,7,9,12-14H,1,3,11H2/t7-,9-/m1/s1. The van der Waals surface area contributed by atoms with E-state index >= 15 is 0 Å². The van der Waals surface area contributed by atoms with Gasteiger partial charge in [0.2, 0.25) is 0 Å². The van der Waals surface area contributed by atoms with E-state index in [0.717, 1.165) is 0 Å². The Kier molecular flexibility index (Phi) is 2.09. The van der Waals surface area contributed by atoms with Crippen molar-refractivity contribution >= 4 is 0 Å². The van der Waals surface area contributed by atoms with Crippen LogP contribution >= 0.6 is 0 Å². The summed E-state index contributed by atoms with van der Waals surface area (Å²) in [6.07, 6.45) is 0.462. The number of aliphatic hydroxyl groups excluding tert-OH is 1. The molecule has 2 rings (SSSR count). The van der Waals surface area contributed by atoms with E-state index < -0.39 is 6.10 Å². The van der Waals surface area contributed by atoms with Gasteiger partial charge in [0.1, 0.15) is 0 Å². The highest BCUT2D eigenvalue weighted by molar-refractivity contribution is 5.51. The van der Waals surface area contributed by atoms with Crippen molar-refractivity contribution in [2.75, 3.05) is 0 Å². The van der Waals surface area contributed by atoms with Crippen LogP contribution in [0.25, 0.3) is 0 Å². The second-order valence-corrected chi connectivity index (χ2v) is 3.65. The smallest absolute Gasteiger partial charge is 0.161 e. The number of phenols is 2. The Morgan fingerprint density at radius 2 is 2.00 bits per heavy atom. The van der Waals surface area contributed by atoms with Crippen LogP contribution in [0, 0.1) is 0 Å². The van der Waals surface area contributed by atoms with Crippen LogP contribution in [-0.4, -0.2) is 21.4 Å². The summed E-state index contributed by atoms with van der Waals surface area (Å²) in [5.74, 6) is -0.278. The molecule has 0 heterocycles. The molecule has 2 atom stereocenters. The predicted molar refractivity (Wildman–Crippen MR) is 51.0 cm³/mol. The molecule has 1 aliphatic rings. The average Bonchev–Trinajstić information content (AvgIpc) is 2.17. The Bertz CT molecular complexity index is 365. The number of benzene rings is 1. The van der Waals surface area contributed by atoms with Gasteiger partial charge in [-0.05, 0) is 24.5 Å². The van der Waals surface area contributed by atoms with Crippen molar-refractivity contribution in [3.05, 3.63) is 23.3 Å². The van der Waals surface area contributed by atoms with Crippen LogP contribution in [0.4, 0.5) is 0 Å². The van der Waals surface area contributed by atoms with E-state index in [1.807, 2.05) is 0 Å². The molecule has 0 fully saturated rings. The van der Waals surface area contributed by atoms with Gasteiger partial charge in [0.15, 0.2) is 11.5 Å². The molecule has 4 nitrogen and oxygen atoms in total. The lowest BCUT2D eigenvalue weighted by Crippen LogP contribution is -2.32. The zero-order valence-electron chi connectivity index (χ0n) is 7.64. The minimum atomic E-state index is -0.745. The third-order valence-electron chi connectivity index (χ3n) is 2.75. The molecule has 0 bridgehead atoms. The molecule has 1 aromatic carbocycles. The lowest BCUT2D eigenvalue weighted by atomic mass is 9.85. The molecular weight excluding hydrogens is 182 g/mol. The molecule has 76 valence electrons. The maximum absolute atomic E-state index is 9.73. The third kappa shape index (κ3) is 1.23. The number of aromatic hydroxyl groups is 2. The van der Waals surface area contributed by atoms with Gasteiger partial charge in [-0.15, -0.1) is 0 Å². The summed E-state index contributed by atoms with van der Waals surface area (Å²) in [4.78, 5) is 0. The summed E-state index contributed by atoms with van der Waals surface area (Å²) in [6.45, 7) is 0. The van der Waals surface area contributed by atoms with Gasteiger partial charge in [0.05, 0.1) is 6.10 Å². The third-order valence-corrected chi connectivity index (χ3v) is 2.75. The summed E-state index contributed by atoms with van der Waals surface area (Å²) in [7, 11) is 0. The fraction of sp³-hybridized carbons (Fsp3) is 0.400. The van der Waals surface area contributed by atoms with Gasteiger partial charge < -0.3 is 21.1 Å². The van der Waals surface area contributed by atoms with Gasteiger partial charge in [0.25, 0.3) is 0 Å². The van der Waals surface area contributed by atoms with Crippen LogP contribution in [0.2, 0.25) is 0 Å². The van der Waals surface area contributed by atoms with E-state index in [-0.39, 0.29) is 17.5 Å². The largest absolute Gasteiger partial charge is 0.504 e. The summed E-state index contributed by atoms with van der Waals surface area (Å²) in [6, 6.07) is 2.69. The predicted octanol–water partition coefficient (Wildman–Crippen LogP) is 0.405. The zero-order chi connectivity index (χ0) is 10.3. The number of aliphatic hydroxyl groups is 1. The molecule has 0 radical (unpaired) electrons. The Balaban J connectivity index is 2.53. The van der Waals surface area contributed by atoms with Gasteiger partial charge in [-0.25, -0.2) is 0 Å². The van der Waals surface area contributed by atoms with Crippen LogP contribution in [0.5, 0.6) is 11.5 Å². The first-order valence-electron chi connectivity index (χ1n) is 4.58. The van der Waals surface area contributed by atoms with E-state index in [2.05, 4.69) is 0 Å². The lowest BCUT2D eigenvalue weighted by Gasteiger charge is -2.27. The highest BCUT2D eigenvalue weighted by Crippen LogP contribution is 2.39. The van der Waals surface area contributed by atoms with E-state index in [9.17, 15) is 15.3 Å². The number of rotatable bonds is 0. The molecule has 0 saturated carbocycles. The van der Waals surface area contributed by atoms with Crippen molar-refractivity contribution < 1.29 is 15.3 Å². The van der Waals surface area contributed by atoms with Crippen LogP contribution in [-0.2, 0) is 6.42 Å². The van der Waals surface area contributed by atoms with E-state index in [4.69, 9.17) is 5.73 Å². The van der Waals surface area contributed by atoms with Gasteiger partial charge >= 0.3 is 0 Å². The molecule has 0 aromatic heterocycles. The fourth-order valence-electron chi connectivity index (χ4n) is 1.88. The van der Waals surface area contributed by atoms with Crippen molar-refractivity contribution in [2.45, 2.75) is 25.0 Å². The lowest BCUT2D eigenvalue weighted by molar-refractivity contribution is 0.133. The van der Waals surface area contributed by atoms with Gasteiger partial charge in [-0.3, -0.25) is 0 Å². The molecule has 14 heavy (non-hydrogen) atoms. The van der Waals surface area contributed by atoms with Crippen molar-refractivity contribution in [1.82, 2.24) is 0 Å². The molecule has 0 spiro atoms. The normalized spacial score (nSPS) is 25.9. The summed E-state index contributed by atoms with van der Waals surface area (Å²) >= 11 is 0. The molecule has 1 aromatic rings. The number of fused-ring (bicyclic) bond motifs is 1. The monoisotopic (exact) mass is 195 g/mol. The maximum Gasteiger partial charge on any atom is 0.161 e. The Hall–Kier alpha value is -1.26. The first kappa shape index (κ1) is 9.30. The number of nitrogens with two attached hydrogens (primary N) is 1. The molecule has 4 heteroatoms. The second kappa shape index (κ2) is 3.15. The number of hydrogen-bond acceptors (Lipinski definition) is 4. The summed E-state index contributed by atoms with van der Waals surface area (Å²) in [5, 5.41) is 28.5. The van der Waals surface area contributed by atoms with Gasteiger partial charge in [-0.2, -0.15) is 0 Å². The second-order valence-electron chi connectivity index (χ2n) is 3.65. The minimum absolute atomic E-state index is 0.131. The van der Waals surface area contributed by atoms with E-state index in [1.54, 1.807) is 6.07 Å². The zero-order valence-corrected chi connectivity index (χ0v) is 7.64.